The first kappa shape index (κ1) is 11.7. The molecular weight excluding hydrogens is 196 g/mol. The van der Waals surface area contributed by atoms with Crippen LogP contribution < -0.4 is 0 Å². The zero-order valence-corrected chi connectivity index (χ0v) is 10.0. The van der Waals surface area contributed by atoms with E-state index in [4.69, 9.17) is 4.74 Å². The van der Waals surface area contributed by atoms with Gasteiger partial charge < -0.3 is 9.84 Å². The molecule has 1 atom stereocenters. The molecule has 2 nitrogen and oxygen atoms in total. The van der Waals surface area contributed by atoms with Crippen molar-refractivity contribution in [2.75, 3.05) is 6.61 Å². The van der Waals surface area contributed by atoms with Crippen molar-refractivity contribution in [3.05, 3.63) is 21.4 Å². The second kappa shape index (κ2) is 4.91. The molecule has 0 radical (unpaired) electrons. The van der Waals surface area contributed by atoms with E-state index in [-0.39, 0.29) is 6.10 Å². The number of ether oxygens (including phenoxy) is 1. The fourth-order valence-corrected chi connectivity index (χ4v) is 2.34. The van der Waals surface area contributed by atoms with Crippen molar-refractivity contribution in [3.63, 3.8) is 0 Å². The molecule has 0 aromatic carbocycles. The van der Waals surface area contributed by atoms with Crippen LogP contribution in [0.4, 0.5) is 0 Å². The van der Waals surface area contributed by atoms with Gasteiger partial charge in [0.15, 0.2) is 0 Å². The Balaban J connectivity index is 2.60. The smallest absolute Gasteiger partial charge is 0.103 e. The standard InChI is InChI=1S/C11H18O2S/c1-7(2)13-6-11(12)10-5-8(3)14-9(10)4/h5,7,11-12H,6H2,1-4H3. The number of hydrogen-bond acceptors (Lipinski definition) is 3. The summed E-state index contributed by atoms with van der Waals surface area (Å²) in [6.07, 6.45) is -0.313. The van der Waals surface area contributed by atoms with E-state index in [2.05, 4.69) is 6.92 Å². The first-order valence-corrected chi connectivity index (χ1v) is 5.69. The van der Waals surface area contributed by atoms with E-state index in [0.29, 0.717) is 6.61 Å². The molecule has 1 rings (SSSR count). The molecular formula is C11H18O2S. The highest BCUT2D eigenvalue weighted by molar-refractivity contribution is 7.12. The highest BCUT2D eigenvalue weighted by Crippen LogP contribution is 2.26. The van der Waals surface area contributed by atoms with Crippen molar-refractivity contribution < 1.29 is 9.84 Å². The molecule has 1 aromatic heterocycles. The van der Waals surface area contributed by atoms with Gasteiger partial charge in [-0.2, -0.15) is 0 Å². The fraction of sp³-hybridized carbons (Fsp3) is 0.636. The molecule has 0 fully saturated rings. The van der Waals surface area contributed by atoms with Crippen molar-refractivity contribution in [1.82, 2.24) is 0 Å². The Hall–Kier alpha value is -0.380. The second-order valence-electron chi connectivity index (χ2n) is 3.77. The molecule has 0 saturated heterocycles. The molecule has 0 bridgehead atoms. The number of aryl methyl sites for hydroxylation is 2. The zero-order valence-electron chi connectivity index (χ0n) is 9.20. The number of thiophene rings is 1. The minimum absolute atomic E-state index is 0.171. The normalized spacial score (nSPS) is 13.6. The lowest BCUT2D eigenvalue weighted by atomic mass is 10.1. The molecule has 0 aliphatic rings. The molecule has 14 heavy (non-hydrogen) atoms. The van der Waals surface area contributed by atoms with Gasteiger partial charge >= 0.3 is 0 Å². The van der Waals surface area contributed by atoms with Crippen LogP contribution in [0, 0.1) is 13.8 Å². The SMILES string of the molecule is Cc1cc(C(O)COC(C)C)c(C)s1. The number of aliphatic hydroxyl groups is 1. The van der Waals surface area contributed by atoms with Crippen molar-refractivity contribution in [3.8, 4) is 0 Å². The summed E-state index contributed by atoms with van der Waals surface area (Å²) >= 11 is 1.72. The van der Waals surface area contributed by atoms with Crippen LogP contribution in [0.25, 0.3) is 0 Å². The predicted octanol–water partition coefficient (Wildman–Crippen LogP) is 2.82. The van der Waals surface area contributed by atoms with Gasteiger partial charge in [0, 0.05) is 9.75 Å². The Labute approximate surface area is 89.5 Å². The van der Waals surface area contributed by atoms with Gasteiger partial charge in [-0.3, -0.25) is 0 Å². The van der Waals surface area contributed by atoms with Gasteiger partial charge in [0.2, 0.25) is 0 Å². The van der Waals surface area contributed by atoms with Crippen LogP contribution >= 0.6 is 11.3 Å². The van der Waals surface area contributed by atoms with Crippen LogP contribution in [0.1, 0.15) is 35.3 Å². The van der Waals surface area contributed by atoms with Crippen molar-refractivity contribution >= 4 is 11.3 Å². The minimum atomic E-state index is -0.484. The van der Waals surface area contributed by atoms with Gasteiger partial charge in [0.1, 0.15) is 6.10 Å². The average molecular weight is 214 g/mol. The quantitative estimate of drug-likeness (QED) is 0.835. The van der Waals surface area contributed by atoms with E-state index in [1.54, 1.807) is 11.3 Å². The molecule has 0 amide bonds. The lowest BCUT2D eigenvalue weighted by Gasteiger charge is -2.13. The Morgan fingerprint density at radius 1 is 1.43 bits per heavy atom. The topological polar surface area (TPSA) is 29.5 Å². The first-order chi connectivity index (χ1) is 6.50. The van der Waals surface area contributed by atoms with Crippen molar-refractivity contribution in [1.29, 1.82) is 0 Å². The first-order valence-electron chi connectivity index (χ1n) is 4.87. The average Bonchev–Trinajstić information content (AvgIpc) is 2.41. The Morgan fingerprint density at radius 2 is 2.07 bits per heavy atom. The van der Waals surface area contributed by atoms with E-state index in [0.717, 1.165) is 5.56 Å². The molecule has 0 saturated carbocycles. The summed E-state index contributed by atoms with van der Waals surface area (Å²) in [5, 5.41) is 9.85. The molecule has 1 unspecified atom stereocenters. The van der Waals surface area contributed by atoms with Crippen LogP contribution in [-0.4, -0.2) is 17.8 Å². The number of rotatable bonds is 4. The molecule has 80 valence electrons. The minimum Gasteiger partial charge on any atom is -0.386 e. The van der Waals surface area contributed by atoms with E-state index < -0.39 is 6.10 Å². The Bertz CT molecular complexity index is 291. The molecule has 1 aromatic rings. The predicted molar refractivity (Wildman–Crippen MR) is 59.8 cm³/mol. The van der Waals surface area contributed by atoms with Crippen LogP contribution in [0.5, 0.6) is 0 Å². The summed E-state index contributed by atoms with van der Waals surface area (Å²) in [6, 6.07) is 2.04. The van der Waals surface area contributed by atoms with Gasteiger partial charge in [-0.1, -0.05) is 0 Å². The van der Waals surface area contributed by atoms with Crippen molar-refractivity contribution in [2.24, 2.45) is 0 Å². The molecule has 0 aliphatic heterocycles. The van der Waals surface area contributed by atoms with Gasteiger partial charge in [-0.25, -0.2) is 0 Å². The highest BCUT2D eigenvalue weighted by atomic mass is 32.1. The summed E-state index contributed by atoms with van der Waals surface area (Å²) < 4.78 is 5.38. The summed E-state index contributed by atoms with van der Waals surface area (Å²) in [6.45, 7) is 8.41. The lowest BCUT2D eigenvalue weighted by molar-refractivity contribution is 0.00487. The summed E-state index contributed by atoms with van der Waals surface area (Å²) in [7, 11) is 0. The molecule has 3 heteroatoms. The van der Waals surface area contributed by atoms with E-state index in [1.165, 1.54) is 9.75 Å². The molecule has 0 aliphatic carbocycles. The highest BCUT2D eigenvalue weighted by Gasteiger charge is 2.13. The fourth-order valence-electron chi connectivity index (χ4n) is 1.35. The van der Waals surface area contributed by atoms with Crippen LogP contribution in [0.3, 0.4) is 0 Å². The Kier molecular flexibility index (Phi) is 4.11. The maximum Gasteiger partial charge on any atom is 0.103 e. The van der Waals surface area contributed by atoms with E-state index in [9.17, 15) is 5.11 Å². The van der Waals surface area contributed by atoms with Crippen LogP contribution in [-0.2, 0) is 4.74 Å². The second-order valence-corrected chi connectivity index (χ2v) is 5.23. The molecule has 0 spiro atoms. The maximum atomic E-state index is 9.85. The van der Waals surface area contributed by atoms with Gasteiger partial charge in [0.05, 0.1) is 12.7 Å². The molecule has 1 heterocycles. The van der Waals surface area contributed by atoms with E-state index in [1.807, 2.05) is 26.8 Å². The van der Waals surface area contributed by atoms with Gasteiger partial charge in [-0.15, -0.1) is 11.3 Å². The summed E-state index contributed by atoms with van der Waals surface area (Å²) in [5.41, 5.74) is 1.01. The monoisotopic (exact) mass is 214 g/mol. The third-order valence-electron chi connectivity index (χ3n) is 2.03. The van der Waals surface area contributed by atoms with Gasteiger partial charge in [0.25, 0.3) is 0 Å². The summed E-state index contributed by atoms with van der Waals surface area (Å²) in [4.78, 5) is 2.42. The lowest BCUT2D eigenvalue weighted by Crippen LogP contribution is -2.11. The maximum absolute atomic E-state index is 9.85. The van der Waals surface area contributed by atoms with Gasteiger partial charge in [-0.05, 0) is 39.3 Å². The van der Waals surface area contributed by atoms with Crippen molar-refractivity contribution in [2.45, 2.75) is 39.9 Å². The zero-order chi connectivity index (χ0) is 10.7. The largest absolute Gasteiger partial charge is 0.386 e. The summed E-state index contributed by atoms with van der Waals surface area (Å²) in [5.74, 6) is 0. The Morgan fingerprint density at radius 3 is 2.50 bits per heavy atom. The number of aliphatic hydroxyl groups excluding tert-OH is 1. The van der Waals surface area contributed by atoms with Crippen LogP contribution in [0.2, 0.25) is 0 Å². The molecule has 1 N–H and O–H groups in total. The third kappa shape index (κ3) is 3.08. The van der Waals surface area contributed by atoms with Crippen LogP contribution in [0.15, 0.2) is 6.07 Å². The van der Waals surface area contributed by atoms with E-state index >= 15 is 0 Å². The third-order valence-corrected chi connectivity index (χ3v) is 3.01. The number of hydrogen-bond donors (Lipinski definition) is 1.